The van der Waals surface area contributed by atoms with E-state index >= 15 is 0 Å². The van der Waals surface area contributed by atoms with E-state index in [2.05, 4.69) is 14.9 Å². The Kier molecular flexibility index (Phi) is 5.77. The van der Waals surface area contributed by atoms with E-state index in [1.165, 1.54) is 0 Å². The Hall–Kier alpha value is -2.05. The lowest BCUT2D eigenvalue weighted by Crippen LogP contribution is -2.50. The molecular formula is C19H22Cl2N4O2. The first-order valence-electron chi connectivity index (χ1n) is 8.75. The van der Waals surface area contributed by atoms with Crippen molar-refractivity contribution in [3.05, 3.63) is 40.6 Å². The van der Waals surface area contributed by atoms with E-state index in [0.717, 1.165) is 17.1 Å². The van der Waals surface area contributed by atoms with Crippen LogP contribution in [0, 0.1) is 0 Å². The van der Waals surface area contributed by atoms with Crippen LogP contribution in [0.4, 0.5) is 10.6 Å². The van der Waals surface area contributed by atoms with Gasteiger partial charge in [0.25, 0.3) is 0 Å². The number of anilines is 1. The molecule has 1 saturated heterocycles. The topological polar surface area (TPSA) is 58.6 Å². The number of hydrogen-bond donors (Lipinski definition) is 0. The number of hydrogen-bond acceptors (Lipinski definition) is 5. The zero-order valence-corrected chi connectivity index (χ0v) is 17.1. The van der Waals surface area contributed by atoms with Crippen LogP contribution in [-0.2, 0) is 4.74 Å². The second kappa shape index (κ2) is 7.90. The molecule has 1 aromatic carbocycles. The van der Waals surface area contributed by atoms with Gasteiger partial charge >= 0.3 is 6.09 Å². The molecule has 1 aromatic heterocycles. The number of carbonyl (C=O) groups is 1. The predicted octanol–water partition coefficient (Wildman–Crippen LogP) is 4.51. The molecule has 0 spiro atoms. The number of aromatic nitrogens is 2. The highest BCUT2D eigenvalue weighted by Crippen LogP contribution is 2.25. The zero-order chi connectivity index (χ0) is 19.6. The lowest BCUT2D eigenvalue weighted by atomic mass is 10.1. The van der Waals surface area contributed by atoms with Gasteiger partial charge in [-0.05, 0) is 44.5 Å². The van der Waals surface area contributed by atoms with Gasteiger partial charge in [0.05, 0.1) is 5.69 Å². The second-order valence-electron chi connectivity index (χ2n) is 7.34. The molecule has 3 rings (SSSR count). The molecule has 0 atom stereocenters. The number of halogens is 2. The number of benzene rings is 1. The number of carbonyl (C=O) groups excluding carboxylic acids is 1. The molecule has 144 valence electrons. The van der Waals surface area contributed by atoms with Crippen LogP contribution in [0.25, 0.3) is 11.3 Å². The predicted molar refractivity (Wildman–Crippen MR) is 108 cm³/mol. The van der Waals surface area contributed by atoms with Gasteiger partial charge in [0, 0.05) is 42.8 Å². The van der Waals surface area contributed by atoms with Gasteiger partial charge in [-0.1, -0.05) is 23.7 Å². The molecule has 6 nitrogen and oxygen atoms in total. The molecule has 0 bridgehead atoms. The van der Waals surface area contributed by atoms with Crippen molar-refractivity contribution in [3.63, 3.8) is 0 Å². The van der Waals surface area contributed by atoms with Gasteiger partial charge in [0.15, 0.2) is 0 Å². The average Bonchev–Trinajstić information content (AvgIpc) is 2.60. The number of amides is 1. The van der Waals surface area contributed by atoms with Crippen LogP contribution in [-0.4, -0.2) is 52.7 Å². The van der Waals surface area contributed by atoms with E-state index in [1.54, 1.807) is 4.90 Å². The Balaban J connectivity index is 1.71. The van der Waals surface area contributed by atoms with Crippen LogP contribution in [0.5, 0.6) is 0 Å². The SMILES string of the molecule is CC(C)(C)OC(=O)N1CCN(c2cc(-c3ccc(Cl)cc3)nc(Cl)n2)CC1. The normalized spacial score (nSPS) is 15.0. The molecule has 1 amide bonds. The molecule has 2 heterocycles. The van der Waals surface area contributed by atoms with Gasteiger partial charge in [-0.2, -0.15) is 0 Å². The lowest BCUT2D eigenvalue weighted by molar-refractivity contribution is 0.0240. The minimum Gasteiger partial charge on any atom is -0.444 e. The molecule has 8 heteroatoms. The molecule has 2 aromatic rings. The second-order valence-corrected chi connectivity index (χ2v) is 8.12. The Bertz CT molecular complexity index is 813. The van der Waals surface area contributed by atoms with Gasteiger partial charge in [-0.3, -0.25) is 0 Å². The van der Waals surface area contributed by atoms with Crippen molar-refractivity contribution in [2.45, 2.75) is 26.4 Å². The molecule has 1 aliphatic rings. The highest BCUT2D eigenvalue weighted by atomic mass is 35.5. The maximum Gasteiger partial charge on any atom is 0.410 e. The molecular weight excluding hydrogens is 387 g/mol. The molecule has 0 radical (unpaired) electrons. The maximum atomic E-state index is 12.2. The molecule has 0 unspecified atom stereocenters. The fraction of sp³-hybridized carbons (Fsp3) is 0.421. The Labute approximate surface area is 169 Å². The van der Waals surface area contributed by atoms with E-state index < -0.39 is 5.60 Å². The first kappa shape index (κ1) is 19.7. The first-order valence-corrected chi connectivity index (χ1v) is 9.50. The van der Waals surface area contributed by atoms with Crippen LogP contribution >= 0.6 is 23.2 Å². The summed E-state index contributed by atoms with van der Waals surface area (Å²) in [5.74, 6) is 0.740. The highest BCUT2D eigenvalue weighted by Gasteiger charge is 2.26. The Morgan fingerprint density at radius 1 is 1.04 bits per heavy atom. The van der Waals surface area contributed by atoms with E-state index in [1.807, 2.05) is 51.1 Å². The summed E-state index contributed by atoms with van der Waals surface area (Å²) in [6.45, 7) is 8.01. The van der Waals surface area contributed by atoms with Crippen molar-refractivity contribution in [2.24, 2.45) is 0 Å². The monoisotopic (exact) mass is 408 g/mol. The number of rotatable bonds is 2. The maximum absolute atomic E-state index is 12.2. The molecule has 0 saturated carbocycles. The van der Waals surface area contributed by atoms with Gasteiger partial charge in [0.2, 0.25) is 5.28 Å². The summed E-state index contributed by atoms with van der Waals surface area (Å²) in [6, 6.07) is 9.31. The summed E-state index contributed by atoms with van der Waals surface area (Å²) in [7, 11) is 0. The fourth-order valence-corrected chi connectivity index (χ4v) is 3.08. The van der Waals surface area contributed by atoms with E-state index in [-0.39, 0.29) is 11.4 Å². The standard InChI is InChI=1S/C19H22Cl2N4O2/c1-19(2,3)27-18(26)25-10-8-24(9-11-25)16-12-15(22-17(21)23-16)13-4-6-14(20)7-5-13/h4-7,12H,8-11H2,1-3H3. The minimum atomic E-state index is -0.498. The summed E-state index contributed by atoms with van der Waals surface area (Å²) in [4.78, 5) is 24.7. The number of piperazine rings is 1. The summed E-state index contributed by atoms with van der Waals surface area (Å²) in [6.07, 6.45) is -0.287. The van der Waals surface area contributed by atoms with Crippen molar-refractivity contribution in [3.8, 4) is 11.3 Å². The molecule has 0 N–H and O–H groups in total. The Morgan fingerprint density at radius 2 is 1.67 bits per heavy atom. The summed E-state index contributed by atoms with van der Waals surface area (Å²) in [5.41, 5.74) is 1.15. The van der Waals surface area contributed by atoms with E-state index in [9.17, 15) is 4.79 Å². The average molecular weight is 409 g/mol. The molecule has 0 aliphatic carbocycles. The van der Waals surface area contributed by atoms with Crippen molar-refractivity contribution < 1.29 is 9.53 Å². The van der Waals surface area contributed by atoms with Crippen LogP contribution in [0.2, 0.25) is 10.3 Å². The fourth-order valence-electron chi connectivity index (χ4n) is 2.78. The zero-order valence-electron chi connectivity index (χ0n) is 15.6. The minimum absolute atomic E-state index is 0.187. The summed E-state index contributed by atoms with van der Waals surface area (Å²) in [5, 5.41) is 0.851. The van der Waals surface area contributed by atoms with Crippen LogP contribution in [0.1, 0.15) is 20.8 Å². The largest absolute Gasteiger partial charge is 0.444 e. The van der Waals surface area contributed by atoms with Crippen LogP contribution in [0.15, 0.2) is 30.3 Å². The summed E-state index contributed by atoms with van der Waals surface area (Å²) >= 11 is 12.1. The van der Waals surface area contributed by atoms with Gasteiger partial charge in [-0.15, -0.1) is 0 Å². The molecule has 1 aliphatic heterocycles. The van der Waals surface area contributed by atoms with Crippen LogP contribution < -0.4 is 4.90 Å². The number of ether oxygens (including phenoxy) is 1. The molecule has 27 heavy (non-hydrogen) atoms. The lowest BCUT2D eigenvalue weighted by Gasteiger charge is -2.36. The van der Waals surface area contributed by atoms with Crippen molar-refractivity contribution >= 4 is 35.1 Å². The molecule has 1 fully saturated rings. The third-order valence-electron chi connectivity index (χ3n) is 4.08. The van der Waals surface area contributed by atoms with Crippen LogP contribution in [0.3, 0.4) is 0 Å². The summed E-state index contributed by atoms with van der Waals surface area (Å²) < 4.78 is 5.43. The highest BCUT2D eigenvalue weighted by molar-refractivity contribution is 6.30. The van der Waals surface area contributed by atoms with Gasteiger partial charge in [0.1, 0.15) is 11.4 Å². The van der Waals surface area contributed by atoms with Crippen molar-refractivity contribution in [1.82, 2.24) is 14.9 Å². The van der Waals surface area contributed by atoms with Crippen molar-refractivity contribution in [2.75, 3.05) is 31.1 Å². The number of nitrogens with zero attached hydrogens (tertiary/aromatic N) is 4. The third-order valence-corrected chi connectivity index (χ3v) is 4.50. The van der Waals surface area contributed by atoms with Crippen molar-refractivity contribution in [1.29, 1.82) is 0 Å². The smallest absolute Gasteiger partial charge is 0.410 e. The quantitative estimate of drug-likeness (QED) is 0.684. The van der Waals surface area contributed by atoms with E-state index in [4.69, 9.17) is 27.9 Å². The van der Waals surface area contributed by atoms with Gasteiger partial charge in [-0.25, -0.2) is 14.8 Å². The first-order chi connectivity index (χ1) is 12.7. The van der Waals surface area contributed by atoms with Gasteiger partial charge < -0.3 is 14.5 Å². The third kappa shape index (κ3) is 5.23. The van der Waals surface area contributed by atoms with E-state index in [0.29, 0.717) is 31.2 Å². The Morgan fingerprint density at radius 3 is 2.26 bits per heavy atom.